The van der Waals surface area contributed by atoms with E-state index in [9.17, 15) is 9.18 Å². The molecule has 0 aliphatic carbocycles. The van der Waals surface area contributed by atoms with E-state index in [0.29, 0.717) is 0 Å². The number of halogens is 3. The first-order valence-electron chi connectivity index (χ1n) is 4.57. The number of nitrogens with one attached hydrogen (secondary N) is 1. The summed E-state index contributed by atoms with van der Waals surface area (Å²) < 4.78 is 13.1. The van der Waals surface area contributed by atoms with Crippen LogP contribution in [0.4, 0.5) is 4.39 Å². The Morgan fingerprint density at radius 2 is 2.12 bits per heavy atom. The molecule has 0 aliphatic heterocycles. The predicted molar refractivity (Wildman–Crippen MR) is 69.3 cm³/mol. The molecular weight excluding hydrogens is 268 g/mol. The van der Waals surface area contributed by atoms with Gasteiger partial charge in [0.05, 0.1) is 11.8 Å². The second kappa shape index (κ2) is 7.42. The zero-order valence-electron chi connectivity index (χ0n) is 9.57. The zero-order chi connectivity index (χ0) is 11.5. The molecule has 1 heterocycles. The molecule has 3 N–H and O–H groups in total. The van der Waals surface area contributed by atoms with Crippen molar-refractivity contribution in [1.82, 2.24) is 10.3 Å². The van der Waals surface area contributed by atoms with Crippen LogP contribution in [0.3, 0.4) is 0 Å². The number of amides is 1. The molecule has 4 nitrogen and oxygen atoms in total. The molecule has 0 atom stereocenters. The highest BCUT2D eigenvalue weighted by molar-refractivity contribution is 5.94. The van der Waals surface area contributed by atoms with Gasteiger partial charge in [0.1, 0.15) is 0 Å². The first-order chi connectivity index (χ1) is 6.90. The Morgan fingerprint density at radius 3 is 2.59 bits per heavy atom. The summed E-state index contributed by atoms with van der Waals surface area (Å²) in [6, 6.07) is 1.33. The van der Waals surface area contributed by atoms with Crippen molar-refractivity contribution in [1.29, 1.82) is 0 Å². The van der Waals surface area contributed by atoms with E-state index in [-0.39, 0.29) is 36.9 Å². The van der Waals surface area contributed by atoms with Gasteiger partial charge >= 0.3 is 0 Å². The van der Waals surface area contributed by atoms with Gasteiger partial charge in [-0.3, -0.25) is 9.78 Å². The highest BCUT2D eigenvalue weighted by atomic mass is 35.5. The van der Waals surface area contributed by atoms with Gasteiger partial charge in [0.15, 0.2) is 5.82 Å². The fourth-order valence-corrected chi connectivity index (χ4v) is 0.963. The minimum Gasteiger partial charge on any atom is -0.350 e. The molecule has 0 aromatic carbocycles. The second-order valence-corrected chi connectivity index (χ2v) is 4.03. The molecule has 1 aromatic heterocycles. The van der Waals surface area contributed by atoms with Gasteiger partial charge in [-0.1, -0.05) is 0 Å². The lowest BCUT2D eigenvalue weighted by atomic mass is 10.1. The number of hydrogen-bond acceptors (Lipinski definition) is 3. The maximum absolute atomic E-state index is 13.1. The SMILES string of the molecule is CC(C)(N)CNC(=O)c1ccncc1F.Cl.Cl. The van der Waals surface area contributed by atoms with Gasteiger partial charge in [-0.25, -0.2) is 4.39 Å². The minimum atomic E-state index is -0.634. The van der Waals surface area contributed by atoms with Crippen molar-refractivity contribution in [2.75, 3.05) is 6.54 Å². The highest BCUT2D eigenvalue weighted by Crippen LogP contribution is 2.04. The monoisotopic (exact) mass is 283 g/mol. The molecule has 0 radical (unpaired) electrons. The van der Waals surface area contributed by atoms with E-state index in [1.807, 2.05) is 0 Å². The number of nitrogens with zero attached hydrogens (tertiary/aromatic N) is 1. The van der Waals surface area contributed by atoms with Gasteiger partial charge in [-0.2, -0.15) is 0 Å². The molecule has 17 heavy (non-hydrogen) atoms. The van der Waals surface area contributed by atoms with E-state index in [1.165, 1.54) is 12.3 Å². The topological polar surface area (TPSA) is 68.0 Å². The van der Waals surface area contributed by atoms with E-state index >= 15 is 0 Å². The Hall–Kier alpha value is -0.910. The Bertz CT molecular complexity index is 369. The van der Waals surface area contributed by atoms with Crippen molar-refractivity contribution < 1.29 is 9.18 Å². The highest BCUT2D eigenvalue weighted by Gasteiger charge is 2.15. The summed E-state index contributed by atoms with van der Waals surface area (Å²) in [5, 5.41) is 2.55. The van der Waals surface area contributed by atoms with Crippen LogP contribution in [-0.4, -0.2) is 23.0 Å². The first kappa shape index (κ1) is 18.5. The number of rotatable bonds is 3. The quantitative estimate of drug-likeness (QED) is 0.884. The third-order valence-corrected chi connectivity index (χ3v) is 1.72. The first-order valence-corrected chi connectivity index (χ1v) is 4.57. The lowest BCUT2D eigenvalue weighted by molar-refractivity contribution is 0.0942. The molecule has 1 aromatic rings. The van der Waals surface area contributed by atoms with E-state index in [2.05, 4.69) is 10.3 Å². The third-order valence-electron chi connectivity index (χ3n) is 1.72. The number of nitrogens with two attached hydrogens (primary N) is 1. The largest absolute Gasteiger partial charge is 0.350 e. The Morgan fingerprint density at radius 1 is 1.53 bits per heavy atom. The van der Waals surface area contributed by atoms with Crippen molar-refractivity contribution in [3.8, 4) is 0 Å². The average Bonchev–Trinajstić information content (AvgIpc) is 2.14. The van der Waals surface area contributed by atoms with Gasteiger partial charge < -0.3 is 11.1 Å². The summed E-state index contributed by atoms with van der Waals surface area (Å²) in [6.07, 6.45) is 2.37. The number of pyridine rings is 1. The lowest BCUT2D eigenvalue weighted by Gasteiger charge is -2.18. The second-order valence-electron chi connectivity index (χ2n) is 4.03. The van der Waals surface area contributed by atoms with Crippen LogP contribution in [-0.2, 0) is 0 Å². The van der Waals surface area contributed by atoms with Gasteiger partial charge in [0.2, 0.25) is 0 Å². The average molecular weight is 284 g/mol. The maximum atomic E-state index is 13.1. The van der Waals surface area contributed by atoms with E-state index < -0.39 is 17.3 Å². The maximum Gasteiger partial charge on any atom is 0.254 e. The molecular formula is C10H16Cl2FN3O. The van der Waals surface area contributed by atoms with Gasteiger partial charge in [-0.15, -0.1) is 24.8 Å². The molecule has 0 bridgehead atoms. The van der Waals surface area contributed by atoms with E-state index in [4.69, 9.17) is 5.73 Å². The Labute approximate surface area is 112 Å². The van der Waals surface area contributed by atoms with Crippen molar-refractivity contribution >= 4 is 30.7 Å². The summed E-state index contributed by atoms with van der Waals surface area (Å²) in [7, 11) is 0. The molecule has 0 aliphatic rings. The minimum absolute atomic E-state index is 0. The number of carbonyl (C=O) groups excluding carboxylic acids is 1. The van der Waals surface area contributed by atoms with Crippen LogP contribution in [0.2, 0.25) is 0 Å². The Balaban J connectivity index is 0. The van der Waals surface area contributed by atoms with Crippen LogP contribution in [0.25, 0.3) is 0 Å². The fourth-order valence-electron chi connectivity index (χ4n) is 0.963. The molecule has 0 unspecified atom stereocenters. The van der Waals surface area contributed by atoms with Gasteiger partial charge in [0, 0.05) is 18.3 Å². The molecule has 7 heteroatoms. The summed E-state index contributed by atoms with van der Waals surface area (Å²) in [5.74, 6) is -1.11. The predicted octanol–water partition coefficient (Wildman–Crippen LogP) is 1.53. The lowest BCUT2D eigenvalue weighted by Crippen LogP contribution is -2.45. The molecule has 0 saturated carbocycles. The van der Waals surface area contributed by atoms with Crippen LogP contribution in [0.1, 0.15) is 24.2 Å². The molecule has 1 rings (SSSR count). The molecule has 98 valence electrons. The Kier molecular flexibility index (Phi) is 8.06. The van der Waals surface area contributed by atoms with Crippen LogP contribution >= 0.6 is 24.8 Å². The van der Waals surface area contributed by atoms with Crippen molar-refractivity contribution in [3.63, 3.8) is 0 Å². The van der Waals surface area contributed by atoms with Crippen molar-refractivity contribution in [2.45, 2.75) is 19.4 Å². The van der Waals surface area contributed by atoms with Gasteiger partial charge in [0.25, 0.3) is 5.91 Å². The summed E-state index contributed by atoms with van der Waals surface area (Å²) in [5.41, 5.74) is 5.15. The molecule has 0 saturated heterocycles. The zero-order valence-corrected chi connectivity index (χ0v) is 11.2. The normalized spacial score (nSPS) is 9.88. The number of hydrogen-bond donors (Lipinski definition) is 2. The van der Waals surface area contributed by atoms with Crippen LogP contribution < -0.4 is 11.1 Å². The smallest absolute Gasteiger partial charge is 0.254 e. The van der Waals surface area contributed by atoms with Crippen LogP contribution in [0.5, 0.6) is 0 Å². The molecule has 0 spiro atoms. The molecule has 0 fully saturated rings. The van der Waals surface area contributed by atoms with Gasteiger partial charge in [-0.05, 0) is 19.9 Å². The molecule has 1 amide bonds. The fraction of sp³-hybridized carbons (Fsp3) is 0.400. The summed E-state index contributed by atoms with van der Waals surface area (Å²) in [4.78, 5) is 15.0. The van der Waals surface area contributed by atoms with E-state index in [1.54, 1.807) is 13.8 Å². The van der Waals surface area contributed by atoms with E-state index in [0.717, 1.165) is 6.20 Å². The number of carbonyl (C=O) groups is 1. The standard InChI is InChI=1S/C10H14FN3O.2ClH/c1-10(2,12)6-14-9(15)7-3-4-13-5-8(7)11;;/h3-5H,6,12H2,1-2H3,(H,14,15);2*1H. The van der Waals surface area contributed by atoms with Crippen molar-refractivity contribution in [2.24, 2.45) is 5.73 Å². The van der Waals surface area contributed by atoms with Crippen LogP contribution in [0.15, 0.2) is 18.5 Å². The van der Waals surface area contributed by atoms with Crippen LogP contribution in [0, 0.1) is 5.82 Å². The summed E-state index contributed by atoms with van der Waals surface area (Å²) >= 11 is 0. The summed E-state index contributed by atoms with van der Waals surface area (Å²) in [6.45, 7) is 3.83. The number of aromatic nitrogens is 1. The van der Waals surface area contributed by atoms with Crippen molar-refractivity contribution in [3.05, 3.63) is 29.8 Å². The third kappa shape index (κ3) is 6.41.